The zero-order chi connectivity index (χ0) is 10.1. The van der Waals surface area contributed by atoms with Crippen LogP contribution in [0.3, 0.4) is 0 Å². The van der Waals surface area contributed by atoms with Gasteiger partial charge in [-0.2, -0.15) is 0 Å². The van der Waals surface area contributed by atoms with Gasteiger partial charge in [0.2, 0.25) is 5.88 Å². The van der Waals surface area contributed by atoms with E-state index in [1.807, 2.05) is 24.3 Å². The number of hydrogen-bond acceptors (Lipinski definition) is 3. The Labute approximate surface area is 87.6 Å². The summed E-state index contributed by atoms with van der Waals surface area (Å²) in [5.41, 5.74) is 0. The maximum absolute atomic E-state index is 5.73. The average Bonchev–Trinajstić information content (AvgIpc) is 2.23. The van der Waals surface area contributed by atoms with Crippen molar-refractivity contribution in [1.82, 2.24) is 4.98 Å². The molecule has 0 atom stereocenters. The minimum Gasteiger partial charge on any atom is -0.469 e. The molecule has 0 aliphatic carbocycles. The fraction of sp³-hybridized carbons (Fsp3) is 0.250. The second-order valence-corrected chi connectivity index (χ2v) is 3.61. The van der Waals surface area contributed by atoms with Crippen molar-refractivity contribution >= 4 is 10.8 Å². The zero-order valence-corrected chi connectivity index (χ0v) is 8.22. The monoisotopic (exact) mass is 201 g/mol. The lowest BCUT2D eigenvalue weighted by Crippen LogP contribution is -2.38. The summed E-state index contributed by atoms with van der Waals surface area (Å²) in [7, 11) is 0. The van der Waals surface area contributed by atoms with Gasteiger partial charge in [-0.3, -0.25) is 0 Å². The van der Waals surface area contributed by atoms with Crippen LogP contribution in [0.5, 0.6) is 5.88 Å². The van der Waals surface area contributed by atoms with Gasteiger partial charge in [0, 0.05) is 11.6 Å². The molecule has 15 heavy (non-hydrogen) atoms. The number of nitrogens with zero attached hydrogens (tertiary/aromatic N) is 1. The molecule has 1 aliphatic heterocycles. The molecule has 1 fully saturated rings. The van der Waals surface area contributed by atoms with E-state index in [-0.39, 0.29) is 6.10 Å². The molecule has 76 valence electrons. The Morgan fingerprint density at radius 1 is 1.20 bits per heavy atom. The van der Waals surface area contributed by atoms with Crippen molar-refractivity contribution in [1.29, 1.82) is 0 Å². The van der Waals surface area contributed by atoms with Gasteiger partial charge in [-0.25, -0.2) is 4.98 Å². The van der Waals surface area contributed by atoms with Gasteiger partial charge in [-0.05, 0) is 17.5 Å². The molecule has 3 nitrogen and oxygen atoms in total. The standard InChI is InChI=1S/C12H11NO2/c1-2-4-11-9(3-1)5-6-13-12(11)15-10-7-14-8-10/h1-6,10H,7-8H2. The predicted molar refractivity (Wildman–Crippen MR) is 57.0 cm³/mol. The molecule has 3 rings (SSSR count). The Morgan fingerprint density at radius 2 is 2.07 bits per heavy atom. The van der Waals surface area contributed by atoms with E-state index in [9.17, 15) is 0 Å². The number of hydrogen-bond donors (Lipinski definition) is 0. The highest BCUT2D eigenvalue weighted by molar-refractivity contribution is 5.86. The molecule has 0 saturated carbocycles. The number of pyridine rings is 1. The first-order valence-electron chi connectivity index (χ1n) is 5.01. The summed E-state index contributed by atoms with van der Waals surface area (Å²) in [5.74, 6) is 0.710. The highest BCUT2D eigenvalue weighted by Gasteiger charge is 2.21. The first-order chi connectivity index (χ1) is 7.43. The Bertz CT molecular complexity index is 475. The van der Waals surface area contributed by atoms with Crippen molar-refractivity contribution in [2.45, 2.75) is 6.10 Å². The average molecular weight is 201 g/mol. The molecule has 0 spiro atoms. The number of ether oxygens (including phenoxy) is 2. The fourth-order valence-corrected chi connectivity index (χ4v) is 1.63. The van der Waals surface area contributed by atoms with Crippen LogP contribution >= 0.6 is 0 Å². The van der Waals surface area contributed by atoms with E-state index in [0.29, 0.717) is 19.1 Å². The third kappa shape index (κ3) is 1.55. The van der Waals surface area contributed by atoms with Gasteiger partial charge in [-0.15, -0.1) is 0 Å². The van der Waals surface area contributed by atoms with Crippen LogP contribution in [0.1, 0.15) is 0 Å². The van der Waals surface area contributed by atoms with E-state index < -0.39 is 0 Å². The van der Waals surface area contributed by atoms with E-state index in [0.717, 1.165) is 10.8 Å². The lowest BCUT2D eigenvalue weighted by atomic mass is 10.2. The third-order valence-electron chi connectivity index (χ3n) is 2.52. The van der Waals surface area contributed by atoms with Crippen LogP contribution in [-0.4, -0.2) is 24.3 Å². The Balaban J connectivity index is 2.01. The van der Waals surface area contributed by atoms with Crippen LogP contribution in [0.15, 0.2) is 36.5 Å². The summed E-state index contributed by atoms with van der Waals surface area (Å²) < 4.78 is 10.8. The summed E-state index contributed by atoms with van der Waals surface area (Å²) in [6.45, 7) is 1.34. The van der Waals surface area contributed by atoms with Crippen molar-refractivity contribution in [3.05, 3.63) is 36.5 Å². The minimum atomic E-state index is 0.170. The first kappa shape index (κ1) is 8.68. The van der Waals surface area contributed by atoms with Crippen molar-refractivity contribution in [2.75, 3.05) is 13.2 Å². The van der Waals surface area contributed by atoms with Gasteiger partial charge < -0.3 is 9.47 Å². The molecule has 1 aromatic heterocycles. The van der Waals surface area contributed by atoms with Crippen LogP contribution in [0.4, 0.5) is 0 Å². The molecule has 2 heterocycles. The van der Waals surface area contributed by atoms with Crippen LogP contribution in [-0.2, 0) is 4.74 Å². The molecule has 1 aromatic carbocycles. The van der Waals surface area contributed by atoms with E-state index in [1.165, 1.54) is 0 Å². The summed E-state index contributed by atoms with van der Waals surface area (Å²) in [5, 5.41) is 2.22. The largest absolute Gasteiger partial charge is 0.469 e. The number of benzene rings is 1. The number of rotatable bonds is 2. The molecule has 0 unspecified atom stereocenters. The molecule has 1 saturated heterocycles. The maximum atomic E-state index is 5.73. The van der Waals surface area contributed by atoms with Crippen molar-refractivity contribution in [3.63, 3.8) is 0 Å². The van der Waals surface area contributed by atoms with Crippen molar-refractivity contribution in [3.8, 4) is 5.88 Å². The SMILES string of the molecule is c1ccc2c(OC3COC3)nccc2c1. The molecule has 3 heteroatoms. The van der Waals surface area contributed by atoms with Crippen molar-refractivity contribution < 1.29 is 9.47 Å². The summed E-state index contributed by atoms with van der Waals surface area (Å²) >= 11 is 0. The number of fused-ring (bicyclic) bond motifs is 1. The van der Waals surface area contributed by atoms with Gasteiger partial charge in [0.05, 0.1) is 13.2 Å². The lowest BCUT2D eigenvalue weighted by Gasteiger charge is -2.26. The molecule has 0 radical (unpaired) electrons. The normalized spacial score (nSPS) is 16.3. The van der Waals surface area contributed by atoms with Crippen LogP contribution in [0.25, 0.3) is 10.8 Å². The van der Waals surface area contributed by atoms with Gasteiger partial charge >= 0.3 is 0 Å². The number of aromatic nitrogens is 1. The highest BCUT2D eigenvalue weighted by Crippen LogP contribution is 2.24. The molecule has 0 amide bonds. The van der Waals surface area contributed by atoms with Gasteiger partial charge in [0.1, 0.15) is 6.10 Å². The molecular weight excluding hydrogens is 190 g/mol. The summed E-state index contributed by atoms with van der Waals surface area (Å²) in [6.07, 6.45) is 1.94. The second kappa shape index (κ2) is 3.51. The van der Waals surface area contributed by atoms with Crippen molar-refractivity contribution in [2.24, 2.45) is 0 Å². The Kier molecular flexibility index (Phi) is 2.03. The molecule has 1 aliphatic rings. The second-order valence-electron chi connectivity index (χ2n) is 3.61. The van der Waals surface area contributed by atoms with E-state index in [1.54, 1.807) is 6.20 Å². The minimum absolute atomic E-state index is 0.170. The predicted octanol–water partition coefficient (Wildman–Crippen LogP) is 2.01. The molecule has 0 bridgehead atoms. The molecule has 0 N–H and O–H groups in total. The van der Waals surface area contributed by atoms with Crippen LogP contribution in [0, 0.1) is 0 Å². The van der Waals surface area contributed by atoms with Gasteiger partial charge in [0.15, 0.2) is 0 Å². The van der Waals surface area contributed by atoms with Crippen LogP contribution in [0.2, 0.25) is 0 Å². The van der Waals surface area contributed by atoms with Gasteiger partial charge in [0.25, 0.3) is 0 Å². The smallest absolute Gasteiger partial charge is 0.221 e. The third-order valence-corrected chi connectivity index (χ3v) is 2.52. The topological polar surface area (TPSA) is 31.4 Å². The van der Waals surface area contributed by atoms with E-state index in [4.69, 9.17) is 9.47 Å². The highest BCUT2D eigenvalue weighted by atomic mass is 16.6. The van der Waals surface area contributed by atoms with E-state index >= 15 is 0 Å². The quantitative estimate of drug-likeness (QED) is 0.744. The van der Waals surface area contributed by atoms with Crippen LogP contribution < -0.4 is 4.74 Å². The summed E-state index contributed by atoms with van der Waals surface area (Å²) in [4.78, 5) is 4.25. The fourth-order valence-electron chi connectivity index (χ4n) is 1.63. The lowest BCUT2D eigenvalue weighted by molar-refractivity contribution is -0.0807. The first-order valence-corrected chi connectivity index (χ1v) is 5.01. The molecule has 2 aromatic rings. The van der Waals surface area contributed by atoms with E-state index in [2.05, 4.69) is 11.1 Å². The molecular formula is C12H11NO2. The Morgan fingerprint density at radius 3 is 2.87 bits per heavy atom. The zero-order valence-electron chi connectivity index (χ0n) is 8.22. The summed E-state index contributed by atoms with van der Waals surface area (Å²) in [6, 6.07) is 10.1. The maximum Gasteiger partial charge on any atom is 0.221 e. The Hall–Kier alpha value is -1.61. The van der Waals surface area contributed by atoms with Gasteiger partial charge in [-0.1, -0.05) is 18.2 Å².